The molecule has 3 aliphatic rings. The van der Waals surface area contributed by atoms with Crippen LogP contribution in [0.15, 0.2) is 23.3 Å². The van der Waals surface area contributed by atoms with E-state index in [9.17, 15) is 0 Å². The molecule has 3 aliphatic carbocycles. The summed E-state index contributed by atoms with van der Waals surface area (Å²) in [7, 11) is 0. The number of allylic oxidation sites excluding steroid dienone is 4. The van der Waals surface area contributed by atoms with E-state index >= 15 is 0 Å². The van der Waals surface area contributed by atoms with Gasteiger partial charge in [-0.3, -0.25) is 0 Å². The van der Waals surface area contributed by atoms with E-state index in [0.717, 1.165) is 5.92 Å². The van der Waals surface area contributed by atoms with Crippen molar-refractivity contribution < 1.29 is 0 Å². The fourth-order valence-corrected chi connectivity index (χ4v) is 4.24. The van der Waals surface area contributed by atoms with Gasteiger partial charge in [0.05, 0.1) is 0 Å². The Kier molecular flexibility index (Phi) is 2.15. The molecule has 1 saturated carbocycles. The van der Waals surface area contributed by atoms with E-state index in [0.29, 0.717) is 10.8 Å². The van der Waals surface area contributed by atoms with Crippen molar-refractivity contribution >= 4 is 0 Å². The van der Waals surface area contributed by atoms with Crippen LogP contribution in [-0.2, 0) is 0 Å². The molecule has 0 spiro atoms. The minimum atomic E-state index is 0.473. The molecule has 0 aromatic carbocycles. The predicted octanol–water partition coefficient (Wildman–Crippen LogP) is 4.87. The second kappa shape index (κ2) is 3.24. The highest BCUT2D eigenvalue weighted by atomic mass is 14.6. The Balaban J connectivity index is 1.99. The van der Waals surface area contributed by atoms with Crippen LogP contribution in [0.1, 0.15) is 59.3 Å². The average Bonchev–Trinajstić information content (AvgIpc) is 2.62. The molecule has 2 bridgehead atoms. The standard InChI is InChI=1S/C16H24/c1-15(2)13-9-10-16(15,3)14(11-13)12-7-5-4-6-8-12/h7,11,13H,4-6,8-10H2,1-3H3. The molecule has 0 aromatic rings. The largest absolute Gasteiger partial charge is 0.0810 e. The van der Waals surface area contributed by atoms with Gasteiger partial charge >= 0.3 is 0 Å². The van der Waals surface area contributed by atoms with E-state index < -0.39 is 0 Å². The molecule has 0 saturated heterocycles. The lowest BCUT2D eigenvalue weighted by atomic mass is 9.65. The lowest BCUT2D eigenvalue weighted by Crippen LogP contribution is -2.30. The van der Waals surface area contributed by atoms with Crippen LogP contribution < -0.4 is 0 Å². The molecule has 2 unspecified atom stereocenters. The Labute approximate surface area is 99.8 Å². The Bertz CT molecular complexity index is 369. The van der Waals surface area contributed by atoms with E-state index in [4.69, 9.17) is 0 Å². The number of hydrogen-bond donors (Lipinski definition) is 0. The summed E-state index contributed by atoms with van der Waals surface area (Å²) in [6.07, 6.45) is 13.4. The molecule has 0 heteroatoms. The van der Waals surface area contributed by atoms with Gasteiger partial charge in [-0.2, -0.15) is 0 Å². The first-order valence-corrected chi connectivity index (χ1v) is 6.97. The summed E-state index contributed by atoms with van der Waals surface area (Å²) < 4.78 is 0. The first kappa shape index (κ1) is 10.6. The molecule has 0 N–H and O–H groups in total. The van der Waals surface area contributed by atoms with Gasteiger partial charge in [0.25, 0.3) is 0 Å². The van der Waals surface area contributed by atoms with Gasteiger partial charge in [0, 0.05) is 0 Å². The molecule has 16 heavy (non-hydrogen) atoms. The molecule has 0 amide bonds. The van der Waals surface area contributed by atoms with Crippen LogP contribution in [0.25, 0.3) is 0 Å². The second-order valence-electron chi connectivity index (χ2n) is 6.75. The maximum absolute atomic E-state index is 2.63. The second-order valence-corrected chi connectivity index (χ2v) is 6.75. The number of fused-ring (bicyclic) bond motifs is 2. The van der Waals surface area contributed by atoms with E-state index in [1.54, 1.807) is 11.1 Å². The summed E-state index contributed by atoms with van der Waals surface area (Å²) in [5, 5.41) is 0. The highest BCUT2D eigenvalue weighted by Gasteiger charge is 2.57. The Morgan fingerprint density at radius 2 is 2.00 bits per heavy atom. The third kappa shape index (κ3) is 1.16. The van der Waals surface area contributed by atoms with Gasteiger partial charge < -0.3 is 0 Å². The topological polar surface area (TPSA) is 0 Å². The fraction of sp³-hybridized carbons (Fsp3) is 0.750. The molecule has 0 heterocycles. The molecular formula is C16H24. The van der Waals surface area contributed by atoms with Crippen LogP contribution >= 0.6 is 0 Å². The minimum absolute atomic E-state index is 0.473. The summed E-state index contributed by atoms with van der Waals surface area (Å²) in [6.45, 7) is 7.48. The fourth-order valence-electron chi connectivity index (χ4n) is 4.24. The minimum Gasteiger partial charge on any atom is -0.0810 e. The zero-order valence-electron chi connectivity index (χ0n) is 11.0. The van der Waals surface area contributed by atoms with Gasteiger partial charge in [0.15, 0.2) is 0 Å². The van der Waals surface area contributed by atoms with Crippen LogP contribution in [0.2, 0.25) is 0 Å². The first-order valence-electron chi connectivity index (χ1n) is 6.97. The summed E-state index contributed by atoms with van der Waals surface area (Å²) in [5.41, 5.74) is 4.40. The van der Waals surface area contributed by atoms with E-state index in [1.165, 1.54) is 38.5 Å². The van der Waals surface area contributed by atoms with Crippen molar-refractivity contribution in [2.45, 2.75) is 59.3 Å². The third-order valence-corrected chi connectivity index (χ3v) is 5.90. The van der Waals surface area contributed by atoms with E-state index in [-0.39, 0.29) is 0 Å². The van der Waals surface area contributed by atoms with Gasteiger partial charge in [0.2, 0.25) is 0 Å². The predicted molar refractivity (Wildman–Crippen MR) is 69.2 cm³/mol. The number of rotatable bonds is 1. The molecule has 0 nitrogen and oxygen atoms in total. The zero-order chi connectivity index (χ0) is 11.4. The van der Waals surface area contributed by atoms with Gasteiger partial charge in [-0.05, 0) is 66.4 Å². The van der Waals surface area contributed by atoms with Gasteiger partial charge in [-0.25, -0.2) is 0 Å². The van der Waals surface area contributed by atoms with Crippen molar-refractivity contribution in [2.24, 2.45) is 16.7 Å². The van der Waals surface area contributed by atoms with Crippen LogP contribution in [0.5, 0.6) is 0 Å². The smallest absolute Gasteiger partial charge is 0.00188 e. The van der Waals surface area contributed by atoms with Gasteiger partial charge in [-0.15, -0.1) is 0 Å². The Hall–Kier alpha value is -0.520. The highest BCUT2D eigenvalue weighted by molar-refractivity contribution is 5.45. The molecule has 2 atom stereocenters. The van der Waals surface area contributed by atoms with Gasteiger partial charge in [-0.1, -0.05) is 32.9 Å². The monoisotopic (exact) mass is 216 g/mol. The normalized spacial score (nSPS) is 40.8. The lowest BCUT2D eigenvalue weighted by molar-refractivity contribution is 0.172. The van der Waals surface area contributed by atoms with Crippen LogP contribution in [0.4, 0.5) is 0 Å². The first-order chi connectivity index (χ1) is 7.56. The van der Waals surface area contributed by atoms with Crippen molar-refractivity contribution in [1.82, 2.24) is 0 Å². The number of hydrogen-bond acceptors (Lipinski definition) is 0. The Morgan fingerprint density at radius 3 is 2.50 bits per heavy atom. The summed E-state index contributed by atoms with van der Waals surface area (Å²) in [4.78, 5) is 0. The summed E-state index contributed by atoms with van der Waals surface area (Å²) >= 11 is 0. The lowest BCUT2D eigenvalue weighted by Gasteiger charge is -2.39. The third-order valence-electron chi connectivity index (χ3n) is 5.90. The van der Waals surface area contributed by atoms with Gasteiger partial charge in [0.1, 0.15) is 0 Å². The highest BCUT2D eigenvalue weighted by Crippen LogP contribution is 2.66. The van der Waals surface area contributed by atoms with Crippen molar-refractivity contribution in [1.29, 1.82) is 0 Å². The summed E-state index contributed by atoms with van der Waals surface area (Å²) in [5.74, 6) is 0.843. The molecule has 88 valence electrons. The quantitative estimate of drug-likeness (QED) is 0.586. The molecule has 0 aliphatic heterocycles. The average molecular weight is 216 g/mol. The van der Waals surface area contributed by atoms with E-state index in [1.807, 2.05) is 0 Å². The molecule has 0 radical (unpaired) electrons. The SMILES string of the molecule is CC12CCC(C=C1C1=CCCCC1)C2(C)C. The molecule has 1 fully saturated rings. The van der Waals surface area contributed by atoms with Crippen LogP contribution in [-0.4, -0.2) is 0 Å². The van der Waals surface area contributed by atoms with Crippen molar-refractivity contribution in [3.8, 4) is 0 Å². The van der Waals surface area contributed by atoms with Crippen molar-refractivity contribution in [3.05, 3.63) is 23.3 Å². The van der Waals surface area contributed by atoms with Crippen molar-refractivity contribution in [2.75, 3.05) is 0 Å². The summed E-state index contributed by atoms with van der Waals surface area (Å²) in [6, 6.07) is 0. The van der Waals surface area contributed by atoms with E-state index in [2.05, 4.69) is 32.9 Å². The molecular weight excluding hydrogens is 192 g/mol. The van der Waals surface area contributed by atoms with Crippen LogP contribution in [0.3, 0.4) is 0 Å². The molecule has 3 rings (SSSR count). The molecule has 0 aromatic heterocycles. The Morgan fingerprint density at radius 1 is 1.19 bits per heavy atom. The maximum Gasteiger partial charge on any atom is -0.00188 e. The zero-order valence-corrected chi connectivity index (χ0v) is 11.0. The maximum atomic E-state index is 2.63. The van der Waals surface area contributed by atoms with Crippen LogP contribution in [0, 0.1) is 16.7 Å². The van der Waals surface area contributed by atoms with Crippen molar-refractivity contribution in [3.63, 3.8) is 0 Å².